The molecule has 3 N–H and O–H groups in total. The van der Waals surface area contributed by atoms with Crippen molar-refractivity contribution in [3.05, 3.63) is 16.2 Å². The highest BCUT2D eigenvalue weighted by atomic mass is 32.2. The Morgan fingerprint density at radius 3 is 2.43 bits per heavy atom. The fourth-order valence-electron chi connectivity index (χ4n) is 2.18. The number of hydrazine groups is 1. The summed E-state index contributed by atoms with van der Waals surface area (Å²) in [6.07, 6.45) is 0. The van der Waals surface area contributed by atoms with E-state index in [4.69, 9.17) is 5.84 Å². The summed E-state index contributed by atoms with van der Waals surface area (Å²) < 4.78 is 26.6. The van der Waals surface area contributed by atoms with Crippen molar-refractivity contribution in [3.63, 3.8) is 0 Å². The highest BCUT2D eigenvalue weighted by Crippen LogP contribution is 2.38. The lowest BCUT2D eigenvalue weighted by atomic mass is 10.4. The second-order valence-electron chi connectivity index (χ2n) is 4.76. The normalized spacial score (nSPS) is 24.0. The summed E-state index contributed by atoms with van der Waals surface area (Å²) in [4.78, 5) is 10.3. The molecule has 0 aromatic carbocycles. The molecule has 1 fully saturated rings. The average molecular weight is 352 g/mol. The first-order chi connectivity index (χ1) is 9.75. The van der Waals surface area contributed by atoms with E-state index < -0.39 is 14.9 Å². The van der Waals surface area contributed by atoms with Crippen molar-refractivity contribution in [2.24, 2.45) is 5.84 Å². The molecule has 0 aliphatic carbocycles. The van der Waals surface area contributed by atoms with E-state index in [9.17, 15) is 18.5 Å². The third-order valence-electron chi connectivity index (χ3n) is 3.00. The second-order valence-corrected chi connectivity index (χ2v) is 9.86. The molecule has 0 saturated carbocycles. The summed E-state index contributed by atoms with van der Waals surface area (Å²) in [7, 11) is -3.73. The van der Waals surface area contributed by atoms with Gasteiger partial charge in [-0.1, -0.05) is 25.2 Å². The Morgan fingerprint density at radius 2 is 2.00 bits per heavy atom. The molecule has 0 radical (unpaired) electrons. The molecule has 11 heteroatoms. The number of nitrogens with two attached hydrogens (primary N) is 1. The van der Waals surface area contributed by atoms with Gasteiger partial charge in [-0.05, 0) is 0 Å². The zero-order valence-electron chi connectivity index (χ0n) is 11.5. The molecule has 1 aliphatic rings. The number of thiophene rings is 1. The maximum Gasteiger partial charge on any atom is 0.306 e. The summed E-state index contributed by atoms with van der Waals surface area (Å²) in [6.45, 7) is 4.72. The number of nitrogens with one attached hydrogen (secondary N) is 1. The van der Waals surface area contributed by atoms with Crippen molar-refractivity contribution in [2.75, 3.05) is 18.5 Å². The summed E-state index contributed by atoms with van der Waals surface area (Å²) in [5, 5.41) is 11.3. The number of anilines is 1. The molecule has 118 valence electrons. The van der Waals surface area contributed by atoms with Crippen molar-refractivity contribution in [1.82, 2.24) is 4.31 Å². The number of thioether (sulfide) groups is 1. The average Bonchev–Trinajstić information content (AvgIpc) is 2.82. The van der Waals surface area contributed by atoms with Crippen LogP contribution in [0.4, 0.5) is 10.7 Å². The SMILES string of the molecule is CC1CN(S(=O)(=O)c2cc([N+](=O)[O-])c(NN)s2)CC(C)S1. The van der Waals surface area contributed by atoms with E-state index in [1.165, 1.54) is 4.31 Å². The van der Waals surface area contributed by atoms with Gasteiger partial charge in [0.05, 0.1) is 4.92 Å². The highest BCUT2D eigenvalue weighted by Gasteiger charge is 2.35. The van der Waals surface area contributed by atoms with Crippen LogP contribution in [0.5, 0.6) is 0 Å². The molecule has 0 amide bonds. The zero-order chi connectivity index (χ0) is 15.8. The van der Waals surface area contributed by atoms with Gasteiger partial charge >= 0.3 is 5.69 Å². The van der Waals surface area contributed by atoms with Crippen LogP contribution in [0.1, 0.15) is 13.8 Å². The van der Waals surface area contributed by atoms with Crippen LogP contribution in [-0.2, 0) is 10.0 Å². The molecule has 2 atom stereocenters. The lowest BCUT2D eigenvalue weighted by Crippen LogP contribution is -2.43. The predicted molar refractivity (Wildman–Crippen MR) is 84.1 cm³/mol. The maximum atomic E-state index is 12.6. The van der Waals surface area contributed by atoms with Crippen molar-refractivity contribution < 1.29 is 13.3 Å². The lowest BCUT2D eigenvalue weighted by Gasteiger charge is -2.33. The van der Waals surface area contributed by atoms with E-state index in [1.807, 2.05) is 13.8 Å². The van der Waals surface area contributed by atoms with Gasteiger partial charge in [0.25, 0.3) is 10.0 Å². The summed E-state index contributed by atoms with van der Waals surface area (Å²) >= 11 is 2.51. The fourth-order valence-corrected chi connectivity index (χ4v) is 6.70. The molecule has 1 saturated heterocycles. The first kappa shape index (κ1) is 16.5. The summed E-state index contributed by atoms with van der Waals surface area (Å²) in [5.41, 5.74) is 1.85. The predicted octanol–water partition coefficient (Wildman–Crippen LogP) is 1.46. The largest absolute Gasteiger partial charge is 0.310 e. The Balaban J connectivity index is 2.37. The van der Waals surface area contributed by atoms with Crippen LogP contribution in [0, 0.1) is 10.1 Å². The Kier molecular flexibility index (Phi) is 4.78. The smallest absolute Gasteiger partial charge is 0.306 e. The zero-order valence-corrected chi connectivity index (χ0v) is 13.9. The number of sulfonamides is 1. The molecular weight excluding hydrogens is 336 g/mol. The van der Waals surface area contributed by atoms with E-state index in [0.717, 1.165) is 17.4 Å². The minimum absolute atomic E-state index is 0.0334. The summed E-state index contributed by atoms with van der Waals surface area (Å²) in [6, 6.07) is 1.06. The minimum Gasteiger partial charge on any atom is -0.310 e. The number of rotatable bonds is 4. The van der Waals surface area contributed by atoms with Crippen LogP contribution in [-0.4, -0.2) is 41.2 Å². The highest BCUT2D eigenvalue weighted by molar-refractivity contribution is 8.00. The third kappa shape index (κ3) is 3.31. The Hall–Kier alpha value is -0.880. The van der Waals surface area contributed by atoms with E-state index in [0.29, 0.717) is 13.1 Å². The van der Waals surface area contributed by atoms with E-state index in [1.54, 1.807) is 11.8 Å². The van der Waals surface area contributed by atoms with Crippen LogP contribution in [0.15, 0.2) is 10.3 Å². The van der Waals surface area contributed by atoms with E-state index in [-0.39, 0.29) is 25.4 Å². The lowest BCUT2D eigenvalue weighted by molar-refractivity contribution is -0.383. The topological polar surface area (TPSA) is 119 Å². The van der Waals surface area contributed by atoms with Gasteiger partial charge in [-0.25, -0.2) is 14.3 Å². The molecule has 1 aromatic heterocycles. The molecule has 0 bridgehead atoms. The van der Waals surface area contributed by atoms with Gasteiger partial charge in [0, 0.05) is 29.7 Å². The minimum atomic E-state index is -3.73. The van der Waals surface area contributed by atoms with Gasteiger partial charge in [0.15, 0.2) is 5.00 Å². The molecule has 21 heavy (non-hydrogen) atoms. The quantitative estimate of drug-likeness (QED) is 0.478. The van der Waals surface area contributed by atoms with Crippen molar-refractivity contribution in [2.45, 2.75) is 28.6 Å². The molecule has 1 aliphatic heterocycles. The van der Waals surface area contributed by atoms with Crippen LogP contribution in [0.3, 0.4) is 0 Å². The first-order valence-corrected chi connectivity index (χ1v) is 9.36. The fraction of sp³-hybridized carbons (Fsp3) is 0.600. The molecule has 0 spiro atoms. The number of nitrogens with zero attached hydrogens (tertiary/aromatic N) is 2. The molecule has 8 nitrogen and oxygen atoms in total. The number of nitrogen functional groups attached to an aromatic ring is 1. The van der Waals surface area contributed by atoms with Crippen LogP contribution < -0.4 is 11.3 Å². The number of hydrogen-bond acceptors (Lipinski definition) is 8. The monoisotopic (exact) mass is 352 g/mol. The standard InChI is InChI=1S/C10H16N4O4S3/c1-6-4-13(5-7(2)19-6)21(17,18)9-3-8(14(15)16)10(12-11)20-9/h3,6-7,12H,4-5,11H2,1-2H3. The Morgan fingerprint density at radius 1 is 1.43 bits per heavy atom. The van der Waals surface area contributed by atoms with E-state index in [2.05, 4.69) is 5.43 Å². The second kappa shape index (κ2) is 6.08. The third-order valence-corrected chi connectivity index (χ3v) is 7.56. The van der Waals surface area contributed by atoms with Gasteiger partial charge in [-0.3, -0.25) is 10.1 Å². The molecular formula is C10H16N4O4S3. The molecule has 2 rings (SSSR count). The van der Waals surface area contributed by atoms with Gasteiger partial charge in [0.2, 0.25) is 0 Å². The Labute approximate surface area is 130 Å². The summed E-state index contributed by atoms with van der Waals surface area (Å²) in [5.74, 6) is 5.21. The van der Waals surface area contributed by atoms with Gasteiger partial charge in [-0.2, -0.15) is 16.1 Å². The van der Waals surface area contributed by atoms with Crippen molar-refractivity contribution >= 4 is 43.8 Å². The Bertz CT molecular complexity index is 635. The van der Waals surface area contributed by atoms with Crippen LogP contribution in [0.2, 0.25) is 0 Å². The molecule has 1 aromatic rings. The maximum absolute atomic E-state index is 12.6. The van der Waals surface area contributed by atoms with Crippen molar-refractivity contribution in [1.29, 1.82) is 0 Å². The van der Waals surface area contributed by atoms with E-state index >= 15 is 0 Å². The van der Waals surface area contributed by atoms with Gasteiger partial charge < -0.3 is 5.43 Å². The number of hydrogen-bond donors (Lipinski definition) is 2. The molecule has 2 heterocycles. The number of nitro groups is 1. The van der Waals surface area contributed by atoms with Crippen molar-refractivity contribution in [3.8, 4) is 0 Å². The van der Waals surface area contributed by atoms with Gasteiger partial charge in [0.1, 0.15) is 4.21 Å². The molecule has 2 unspecified atom stereocenters. The van der Waals surface area contributed by atoms with Gasteiger partial charge in [-0.15, -0.1) is 0 Å². The first-order valence-electron chi connectivity index (χ1n) is 6.16. The van der Waals surface area contributed by atoms with Crippen LogP contribution >= 0.6 is 23.1 Å². The van der Waals surface area contributed by atoms with Crippen LogP contribution in [0.25, 0.3) is 0 Å².